The second-order valence-corrected chi connectivity index (χ2v) is 9.01. The normalized spacial score (nSPS) is 16.6. The van der Waals surface area contributed by atoms with E-state index in [2.05, 4.69) is 25.9 Å². The molecule has 0 radical (unpaired) electrons. The van der Waals surface area contributed by atoms with Crippen molar-refractivity contribution >= 4 is 23.7 Å². The minimum absolute atomic E-state index is 0.0228. The van der Waals surface area contributed by atoms with Crippen LogP contribution in [-0.4, -0.2) is 74.1 Å². The largest absolute Gasteiger partial charge is 0.480 e. The molecule has 12 heteroatoms. The molecule has 34 heavy (non-hydrogen) atoms. The number of H-pyrrole nitrogens is 1. The maximum Gasteiger partial charge on any atom is 0.326 e. The second-order valence-electron chi connectivity index (χ2n) is 9.01. The van der Waals surface area contributed by atoms with E-state index in [1.165, 1.54) is 19.4 Å². The van der Waals surface area contributed by atoms with Crippen LogP contribution in [0.1, 0.15) is 53.2 Å². The summed E-state index contributed by atoms with van der Waals surface area (Å²) in [6, 6.07) is -4.55. The summed E-state index contributed by atoms with van der Waals surface area (Å²) in [7, 11) is 0. The van der Waals surface area contributed by atoms with Gasteiger partial charge in [0.1, 0.15) is 18.1 Å². The number of nitrogens with one attached hydrogen (secondary N) is 4. The molecule has 3 amide bonds. The van der Waals surface area contributed by atoms with E-state index in [9.17, 15) is 29.4 Å². The molecule has 0 aliphatic rings. The van der Waals surface area contributed by atoms with Gasteiger partial charge in [-0.1, -0.05) is 34.1 Å². The number of imidazole rings is 1. The number of aliphatic hydroxyl groups excluding tert-OH is 1. The van der Waals surface area contributed by atoms with E-state index < -0.39 is 54.0 Å². The van der Waals surface area contributed by atoms with E-state index in [0.29, 0.717) is 12.1 Å². The summed E-state index contributed by atoms with van der Waals surface area (Å²) in [6.07, 6.45) is 2.43. The number of rotatable bonds is 14. The number of nitrogens with two attached hydrogens (primary N) is 1. The van der Waals surface area contributed by atoms with Gasteiger partial charge in [-0.25, -0.2) is 9.78 Å². The molecule has 0 saturated carbocycles. The molecule has 1 heterocycles. The van der Waals surface area contributed by atoms with Crippen molar-refractivity contribution in [3.05, 3.63) is 18.2 Å². The van der Waals surface area contributed by atoms with Gasteiger partial charge < -0.3 is 36.9 Å². The monoisotopic (exact) mass is 482 g/mol. The summed E-state index contributed by atoms with van der Waals surface area (Å²) in [5.41, 5.74) is 6.44. The summed E-state index contributed by atoms with van der Waals surface area (Å²) in [6.45, 7) is 8.69. The van der Waals surface area contributed by atoms with E-state index in [-0.39, 0.29) is 24.7 Å². The minimum atomic E-state index is -1.34. The number of aliphatic hydroxyl groups is 1. The summed E-state index contributed by atoms with van der Waals surface area (Å²) in [5.74, 6) is -3.47. The number of hydrogen-bond acceptors (Lipinski definition) is 7. The summed E-state index contributed by atoms with van der Waals surface area (Å²) in [4.78, 5) is 56.6. The van der Waals surface area contributed by atoms with Crippen molar-refractivity contribution in [1.82, 2.24) is 25.9 Å². The van der Waals surface area contributed by atoms with Crippen molar-refractivity contribution in [2.75, 3.05) is 0 Å². The molecule has 0 bridgehead atoms. The lowest BCUT2D eigenvalue weighted by Crippen LogP contribution is -2.60. The first-order chi connectivity index (χ1) is 15.9. The van der Waals surface area contributed by atoms with Crippen molar-refractivity contribution < 1.29 is 29.4 Å². The van der Waals surface area contributed by atoms with Crippen LogP contribution >= 0.6 is 0 Å². The van der Waals surface area contributed by atoms with Crippen LogP contribution in [0.4, 0.5) is 0 Å². The van der Waals surface area contributed by atoms with Gasteiger partial charge in [-0.2, -0.15) is 0 Å². The molecule has 1 aromatic heterocycles. The molecule has 0 aliphatic carbocycles. The van der Waals surface area contributed by atoms with Crippen molar-refractivity contribution in [3.8, 4) is 0 Å². The fraction of sp³-hybridized carbons (Fsp3) is 0.682. The number of amides is 3. The number of aromatic amines is 1. The van der Waals surface area contributed by atoms with Crippen LogP contribution in [-0.2, 0) is 25.6 Å². The average Bonchev–Trinajstić information content (AvgIpc) is 3.27. The maximum atomic E-state index is 12.9. The fourth-order valence-electron chi connectivity index (χ4n) is 3.22. The number of aromatic nitrogens is 2. The third kappa shape index (κ3) is 9.10. The Labute approximate surface area is 199 Å². The van der Waals surface area contributed by atoms with Crippen LogP contribution in [0.25, 0.3) is 0 Å². The first-order valence-corrected chi connectivity index (χ1v) is 11.4. The van der Waals surface area contributed by atoms with Crippen molar-refractivity contribution in [1.29, 1.82) is 0 Å². The summed E-state index contributed by atoms with van der Waals surface area (Å²) < 4.78 is 0. The molecule has 0 saturated heterocycles. The topological polar surface area (TPSA) is 200 Å². The predicted octanol–water partition coefficient (Wildman–Crippen LogP) is -0.708. The number of carbonyl (C=O) groups is 4. The molecule has 6 atom stereocenters. The molecule has 0 aliphatic heterocycles. The molecule has 8 N–H and O–H groups in total. The number of carboxylic acids is 1. The lowest BCUT2D eigenvalue weighted by molar-refractivity contribution is -0.142. The molecule has 12 nitrogen and oxygen atoms in total. The van der Waals surface area contributed by atoms with E-state index in [4.69, 9.17) is 5.73 Å². The molecule has 6 unspecified atom stereocenters. The minimum Gasteiger partial charge on any atom is -0.480 e. The Morgan fingerprint density at radius 3 is 2.12 bits per heavy atom. The molecule has 0 fully saturated rings. The molecule has 1 rings (SSSR count). The number of carboxylic acid groups (broad SMARTS) is 1. The Bertz CT molecular complexity index is 813. The zero-order valence-electron chi connectivity index (χ0n) is 20.4. The van der Waals surface area contributed by atoms with Gasteiger partial charge >= 0.3 is 5.97 Å². The van der Waals surface area contributed by atoms with Crippen LogP contribution < -0.4 is 21.7 Å². The fourth-order valence-corrected chi connectivity index (χ4v) is 3.22. The Morgan fingerprint density at radius 1 is 1.03 bits per heavy atom. The first kappa shape index (κ1) is 29.0. The van der Waals surface area contributed by atoms with Crippen LogP contribution in [0.3, 0.4) is 0 Å². The average molecular weight is 483 g/mol. The van der Waals surface area contributed by atoms with Crippen LogP contribution in [0.2, 0.25) is 0 Å². The Morgan fingerprint density at radius 2 is 1.65 bits per heavy atom. The highest BCUT2D eigenvalue weighted by Gasteiger charge is 2.33. The van der Waals surface area contributed by atoms with Crippen molar-refractivity contribution in [2.24, 2.45) is 17.6 Å². The SMILES string of the molecule is CCC(C)C(N)C(=O)NC(C(=O)NC(CC(C)C)C(=O)NC(Cc1cnc[nH]1)C(=O)O)C(C)O. The molecular weight excluding hydrogens is 444 g/mol. The number of aliphatic carboxylic acids is 1. The summed E-state index contributed by atoms with van der Waals surface area (Å²) in [5, 5.41) is 27.1. The van der Waals surface area contributed by atoms with Crippen LogP contribution in [0.5, 0.6) is 0 Å². The highest BCUT2D eigenvalue weighted by atomic mass is 16.4. The maximum absolute atomic E-state index is 12.9. The molecule has 0 aromatic carbocycles. The third-order valence-electron chi connectivity index (χ3n) is 5.56. The molecule has 1 aromatic rings. The standard InChI is InChI=1S/C22H38N6O6/c1-6-12(4)17(23)20(31)28-18(13(5)29)21(32)26-15(7-11(2)3)19(30)27-16(22(33)34)8-14-9-24-10-25-14/h9-13,15-18,29H,6-8,23H2,1-5H3,(H,24,25)(H,26,32)(H,27,30)(H,28,31)(H,33,34). The van der Waals surface area contributed by atoms with Crippen molar-refractivity contribution in [3.63, 3.8) is 0 Å². The highest BCUT2D eigenvalue weighted by molar-refractivity contribution is 5.94. The van der Waals surface area contributed by atoms with Gasteiger partial charge in [0, 0.05) is 18.3 Å². The molecular formula is C22H38N6O6. The van der Waals surface area contributed by atoms with Crippen molar-refractivity contribution in [2.45, 2.75) is 84.2 Å². The second kappa shape index (κ2) is 13.7. The van der Waals surface area contributed by atoms with Crippen LogP contribution in [0, 0.1) is 11.8 Å². The number of carbonyl (C=O) groups excluding carboxylic acids is 3. The number of hydrogen-bond donors (Lipinski definition) is 7. The lowest BCUT2D eigenvalue weighted by atomic mass is 9.98. The zero-order valence-corrected chi connectivity index (χ0v) is 20.4. The highest BCUT2D eigenvalue weighted by Crippen LogP contribution is 2.09. The van der Waals surface area contributed by atoms with E-state index in [1.54, 1.807) is 6.92 Å². The Balaban J connectivity index is 2.96. The van der Waals surface area contributed by atoms with Gasteiger partial charge in [0.15, 0.2) is 0 Å². The van der Waals surface area contributed by atoms with E-state index in [0.717, 1.165) is 0 Å². The Hall–Kier alpha value is -2.99. The van der Waals surface area contributed by atoms with Gasteiger partial charge in [-0.15, -0.1) is 0 Å². The van der Waals surface area contributed by atoms with Crippen LogP contribution in [0.15, 0.2) is 12.5 Å². The molecule has 192 valence electrons. The van der Waals surface area contributed by atoms with Gasteiger partial charge in [-0.05, 0) is 25.2 Å². The number of nitrogens with zero attached hydrogens (tertiary/aromatic N) is 1. The lowest BCUT2D eigenvalue weighted by Gasteiger charge is -2.28. The summed E-state index contributed by atoms with van der Waals surface area (Å²) >= 11 is 0. The first-order valence-electron chi connectivity index (χ1n) is 11.4. The van der Waals surface area contributed by atoms with Gasteiger partial charge in [0.25, 0.3) is 0 Å². The third-order valence-corrected chi connectivity index (χ3v) is 5.56. The van der Waals surface area contributed by atoms with E-state index in [1.807, 2.05) is 20.8 Å². The zero-order chi connectivity index (χ0) is 26.0. The van der Waals surface area contributed by atoms with Gasteiger partial charge in [0.2, 0.25) is 17.7 Å². The molecule has 0 spiro atoms. The Kier molecular flexibility index (Phi) is 11.7. The van der Waals surface area contributed by atoms with E-state index >= 15 is 0 Å². The smallest absolute Gasteiger partial charge is 0.326 e. The quantitative estimate of drug-likeness (QED) is 0.180. The van der Waals surface area contributed by atoms with Gasteiger partial charge in [0.05, 0.1) is 18.5 Å². The predicted molar refractivity (Wildman–Crippen MR) is 124 cm³/mol. The van der Waals surface area contributed by atoms with Gasteiger partial charge in [-0.3, -0.25) is 14.4 Å².